The minimum Gasteiger partial charge on any atom is -0.481 e. The number of nitrogens with zero attached hydrogens (tertiary/aromatic N) is 4. The summed E-state index contributed by atoms with van der Waals surface area (Å²) in [4.78, 5) is 29.9. The normalized spacial score (nSPS) is 24.2. The van der Waals surface area contributed by atoms with Crippen LogP contribution in [0.5, 0.6) is 0 Å². The summed E-state index contributed by atoms with van der Waals surface area (Å²) in [5.74, 6) is -0.622. The molecule has 2 heterocycles. The standard InChI is InChI=1S/C22H26N4O4/c1-21(2,19(27)28)12-26-13-22(30-20(26)29)7-3-4-16(9-22)11-25-14-24-17-6-5-15(10-23)8-18(17)25/h5-6,8,14,16H,3-4,7,9,11-13H2,1-2H3,(H,27,28). The largest absolute Gasteiger partial charge is 0.481 e. The molecule has 158 valence electrons. The molecule has 1 aliphatic carbocycles. The van der Waals surface area contributed by atoms with Gasteiger partial charge in [0.15, 0.2) is 0 Å². The van der Waals surface area contributed by atoms with E-state index >= 15 is 0 Å². The highest BCUT2D eigenvalue weighted by molar-refractivity contribution is 5.77. The number of amides is 1. The van der Waals surface area contributed by atoms with E-state index in [2.05, 4.69) is 15.6 Å². The molecular weight excluding hydrogens is 384 g/mol. The number of hydrogen-bond acceptors (Lipinski definition) is 5. The van der Waals surface area contributed by atoms with E-state index in [1.807, 2.05) is 12.1 Å². The minimum atomic E-state index is -1.02. The Labute approximate surface area is 175 Å². The van der Waals surface area contributed by atoms with Gasteiger partial charge >= 0.3 is 12.1 Å². The van der Waals surface area contributed by atoms with Crippen molar-refractivity contribution < 1.29 is 19.4 Å². The maximum Gasteiger partial charge on any atom is 0.410 e. The van der Waals surface area contributed by atoms with Crippen LogP contribution in [0.25, 0.3) is 11.0 Å². The van der Waals surface area contributed by atoms with Crippen LogP contribution in [0, 0.1) is 22.7 Å². The smallest absolute Gasteiger partial charge is 0.410 e. The van der Waals surface area contributed by atoms with Crippen LogP contribution >= 0.6 is 0 Å². The first-order chi connectivity index (χ1) is 14.2. The summed E-state index contributed by atoms with van der Waals surface area (Å²) in [5.41, 5.74) is 0.817. The molecule has 2 atom stereocenters. The first kappa shape index (κ1) is 20.2. The Hall–Kier alpha value is -3.08. The summed E-state index contributed by atoms with van der Waals surface area (Å²) >= 11 is 0. The van der Waals surface area contributed by atoms with Crippen LogP contribution in [-0.4, -0.2) is 50.3 Å². The molecule has 2 unspecified atom stereocenters. The number of imidazole rings is 1. The van der Waals surface area contributed by atoms with Crippen molar-refractivity contribution in [1.29, 1.82) is 5.26 Å². The van der Waals surface area contributed by atoms with Crippen LogP contribution in [0.3, 0.4) is 0 Å². The van der Waals surface area contributed by atoms with Crippen molar-refractivity contribution in [3.8, 4) is 6.07 Å². The molecule has 1 saturated heterocycles. The number of aliphatic carboxylic acids is 1. The fourth-order valence-corrected chi connectivity index (χ4v) is 4.74. The molecule has 8 heteroatoms. The lowest BCUT2D eigenvalue weighted by Gasteiger charge is -2.36. The number of nitriles is 1. The summed E-state index contributed by atoms with van der Waals surface area (Å²) in [6.45, 7) is 4.55. The molecule has 1 aromatic heterocycles. The van der Waals surface area contributed by atoms with Gasteiger partial charge in [0.2, 0.25) is 0 Å². The fraction of sp³-hybridized carbons (Fsp3) is 0.545. The van der Waals surface area contributed by atoms with Crippen LogP contribution in [0.4, 0.5) is 4.79 Å². The van der Waals surface area contributed by atoms with Gasteiger partial charge in [-0.25, -0.2) is 9.78 Å². The van der Waals surface area contributed by atoms with Crippen molar-refractivity contribution in [2.75, 3.05) is 13.1 Å². The molecule has 2 fully saturated rings. The third-order valence-corrected chi connectivity index (χ3v) is 6.32. The monoisotopic (exact) mass is 410 g/mol. The molecule has 0 radical (unpaired) electrons. The molecule has 30 heavy (non-hydrogen) atoms. The average Bonchev–Trinajstić information content (AvgIpc) is 3.21. The highest BCUT2D eigenvalue weighted by atomic mass is 16.6. The molecule has 1 amide bonds. The molecule has 1 aromatic carbocycles. The Balaban J connectivity index is 1.48. The van der Waals surface area contributed by atoms with Gasteiger partial charge < -0.3 is 19.3 Å². The number of benzene rings is 1. The number of rotatable bonds is 5. The number of carbonyl (C=O) groups is 2. The SMILES string of the molecule is CC(C)(CN1CC2(CCCC(Cn3cnc4ccc(C#N)cc43)C2)OC1=O)C(=O)O. The zero-order chi connectivity index (χ0) is 21.5. The number of aromatic nitrogens is 2. The molecule has 1 N–H and O–H groups in total. The van der Waals surface area contributed by atoms with E-state index in [1.54, 1.807) is 31.1 Å². The van der Waals surface area contributed by atoms with E-state index in [1.165, 1.54) is 0 Å². The Morgan fingerprint density at radius 2 is 2.27 bits per heavy atom. The van der Waals surface area contributed by atoms with Gasteiger partial charge in [-0.3, -0.25) is 4.79 Å². The molecular formula is C22H26N4O4. The molecule has 1 aliphatic heterocycles. The second kappa shape index (κ2) is 7.31. The average molecular weight is 410 g/mol. The molecule has 0 bridgehead atoms. The van der Waals surface area contributed by atoms with Crippen LogP contribution in [-0.2, 0) is 16.1 Å². The van der Waals surface area contributed by atoms with Crippen LogP contribution in [0.15, 0.2) is 24.5 Å². The van der Waals surface area contributed by atoms with Crippen molar-refractivity contribution in [3.05, 3.63) is 30.1 Å². The maximum absolute atomic E-state index is 12.5. The van der Waals surface area contributed by atoms with Crippen molar-refractivity contribution in [2.45, 2.75) is 51.7 Å². The highest BCUT2D eigenvalue weighted by Gasteiger charge is 2.49. The van der Waals surface area contributed by atoms with Gasteiger partial charge in [-0.1, -0.05) is 0 Å². The van der Waals surface area contributed by atoms with Crippen LogP contribution < -0.4 is 0 Å². The van der Waals surface area contributed by atoms with Crippen molar-refractivity contribution in [2.24, 2.45) is 11.3 Å². The second-order valence-corrected chi connectivity index (χ2v) is 9.27. The first-order valence-electron chi connectivity index (χ1n) is 10.3. The molecule has 4 rings (SSSR count). The Morgan fingerprint density at radius 3 is 3.00 bits per heavy atom. The molecule has 2 aromatic rings. The quantitative estimate of drug-likeness (QED) is 0.809. The van der Waals surface area contributed by atoms with Gasteiger partial charge in [0.1, 0.15) is 5.60 Å². The van der Waals surface area contributed by atoms with E-state index in [-0.39, 0.29) is 6.54 Å². The summed E-state index contributed by atoms with van der Waals surface area (Å²) in [6.07, 6.45) is 4.89. The van der Waals surface area contributed by atoms with Gasteiger partial charge in [0, 0.05) is 13.1 Å². The Kier molecular flexibility index (Phi) is 4.92. The summed E-state index contributed by atoms with van der Waals surface area (Å²) < 4.78 is 7.90. The number of carboxylic acids is 1. The first-order valence-corrected chi connectivity index (χ1v) is 10.3. The number of hydrogen-bond donors (Lipinski definition) is 1. The fourth-order valence-electron chi connectivity index (χ4n) is 4.74. The van der Waals surface area contributed by atoms with Crippen LogP contribution in [0.2, 0.25) is 0 Å². The Bertz CT molecular complexity index is 1040. The van der Waals surface area contributed by atoms with Gasteiger partial charge in [-0.15, -0.1) is 0 Å². The predicted molar refractivity (Wildman–Crippen MR) is 109 cm³/mol. The minimum absolute atomic E-state index is 0.136. The van der Waals surface area contributed by atoms with Crippen molar-refractivity contribution in [3.63, 3.8) is 0 Å². The Morgan fingerprint density at radius 1 is 1.47 bits per heavy atom. The molecule has 1 spiro atoms. The zero-order valence-electron chi connectivity index (χ0n) is 17.3. The third kappa shape index (κ3) is 3.72. The lowest BCUT2D eigenvalue weighted by Crippen LogP contribution is -2.43. The van der Waals surface area contributed by atoms with Gasteiger partial charge in [-0.2, -0.15) is 5.26 Å². The molecule has 1 saturated carbocycles. The topological polar surface area (TPSA) is 108 Å². The number of carboxylic acid groups (broad SMARTS) is 1. The van der Waals surface area contributed by atoms with E-state index < -0.39 is 23.1 Å². The number of carbonyl (C=O) groups excluding carboxylic acids is 1. The van der Waals surface area contributed by atoms with E-state index in [4.69, 9.17) is 4.74 Å². The maximum atomic E-state index is 12.5. The lowest BCUT2D eigenvalue weighted by atomic mass is 9.77. The highest BCUT2D eigenvalue weighted by Crippen LogP contribution is 2.41. The summed E-state index contributed by atoms with van der Waals surface area (Å²) in [7, 11) is 0. The number of fused-ring (bicyclic) bond motifs is 1. The predicted octanol–water partition coefficient (Wildman–Crippen LogP) is 3.40. The zero-order valence-corrected chi connectivity index (χ0v) is 17.3. The van der Waals surface area contributed by atoms with Crippen molar-refractivity contribution in [1.82, 2.24) is 14.5 Å². The third-order valence-electron chi connectivity index (χ3n) is 6.32. The molecule has 8 nitrogen and oxygen atoms in total. The van der Waals surface area contributed by atoms with E-state index in [0.29, 0.717) is 18.0 Å². The van der Waals surface area contributed by atoms with Gasteiger partial charge in [-0.05, 0) is 63.6 Å². The second-order valence-electron chi connectivity index (χ2n) is 9.27. The summed E-state index contributed by atoms with van der Waals surface area (Å²) in [6, 6.07) is 7.64. The number of ether oxygens (including phenoxy) is 1. The van der Waals surface area contributed by atoms with E-state index in [9.17, 15) is 20.0 Å². The molecule has 2 aliphatic rings. The van der Waals surface area contributed by atoms with Gasteiger partial charge in [0.25, 0.3) is 0 Å². The van der Waals surface area contributed by atoms with Gasteiger partial charge in [0.05, 0.1) is 41.0 Å². The van der Waals surface area contributed by atoms with E-state index in [0.717, 1.165) is 43.3 Å². The van der Waals surface area contributed by atoms with Crippen LogP contribution in [0.1, 0.15) is 45.1 Å². The lowest BCUT2D eigenvalue weighted by molar-refractivity contribution is -0.147. The van der Waals surface area contributed by atoms with Crippen molar-refractivity contribution >= 4 is 23.1 Å². The summed E-state index contributed by atoms with van der Waals surface area (Å²) in [5, 5.41) is 18.6.